The van der Waals surface area contributed by atoms with Gasteiger partial charge in [-0.05, 0) is 36.9 Å². The molecule has 0 spiro atoms. The summed E-state index contributed by atoms with van der Waals surface area (Å²) in [5, 5.41) is 5.12. The van der Waals surface area contributed by atoms with E-state index in [2.05, 4.69) is 21.8 Å². The van der Waals surface area contributed by atoms with Gasteiger partial charge in [0.2, 0.25) is 0 Å². The minimum absolute atomic E-state index is 0. The highest BCUT2D eigenvalue weighted by atomic mass is 127. The summed E-state index contributed by atoms with van der Waals surface area (Å²) in [4.78, 5) is 5.54. The van der Waals surface area contributed by atoms with Gasteiger partial charge in [-0.3, -0.25) is 0 Å². The van der Waals surface area contributed by atoms with Gasteiger partial charge in [-0.1, -0.05) is 12.1 Å². The molecule has 4 nitrogen and oxygen atoms in total. The van der Waals surface area contributed by atoms with Crippen molar-refractivity contribution in [2.45, 2.75) is 19.4 Å². The number of rotatable bonds is 7. The van der Waals surface area contributed by atoms with Crippen LogP contribution in [0, 0.1) is 5.82 Å². The number of guanidine groups is 1. The first kappa shape index (κ1) is 19.7. The van der Waals surface area contributed by atoms with E-state index in [-0.39, 0.29) is 35.9 Å². The van der Waals surface area contributed by atoms with Gasteiger partial charge >= 0.3 is 0 Å². The number of benzene rings is 1. The minimum Gasteiger partial charge on any atom is -0.489 e. The number of aliphatic imine (C=N–C) groups is 1. The van der Waals surface area contributed by atoms with Gasteiger partial charge in [-0.2, -0.15) is 0 Å². The van der Waals surface area contributed by atoms with Gasteiger partial charge in [0.05, 0.1) is 6.54 Å². The van der Waals surface area contributed by atoms with Crippen molar-refractivity contribution in [3.05, 3.63) is 52.5 Å². The largest absolute Gasteiger partial charge is 0.489 e. The Hall–Kier alpha value is -1.35. The zero-order valence-corrected chi connectivity index (χ0v) is 16.0. The molecule has 1 aromatic heterocycles. The molecular formula is C16H21FIN3OS. The second-order valence-electron chi connectivity index (χ2n) is 4.87. The van der Waals surface area contributed by atoms with Crippen molar-refractivity contribution in [2.75, 3.05) is 13.1 Å². The van der Waals surface area contributed by atoms with E-state index >= 15 is 0 Å². The molecule has 2 aromatic rings. The second-order valence-corrected chi connectivity index (χ2v) is 5.90. The Morgan fingerprint density at radius 1 is 1.39 bits per heavy atom. The lowest BCUT2D eigenvalue weighted by Crippen LogP contribution is -2.34. The Labute approximate surface area is 157 Å². The maximum Gasteiger partial charge on any atom is 0.188 e. The lowest BCUT2D eigenvalue weighted by molar-refractivity contribution is 0.229. The number of nitrogens with one attached hydrogen (secondary N) is 1. The molecule has 3 N–H and O–H groups in total. The van der Waals surface area contributed by atoms with Gasteiger partial charge in [0, 0.05) is 17.5 Å². The van der Waals surface area contributed by atoms with Crippen LogP contribution >= 0.6 is 35.3 Å². The molecule has 1 heterocycles. The fraction of sp³-hybridized carbons (Fsp3) is 0.312. The monoisotopic (exact) mass is 449 g/mol. The van der Waals surface area contributed by atoms with E-state index < -0.39 is 0 Å². The molecule has 2 rings (SSSR count). The van der Waals surface area contributed by atoms with Crippen LogP contribution in [0.1, 0.15) is 11.8 Å². The average molecular weight is 449 g/mol. The van der Waals surface area contributed by atoms with Crippen molar-refractivity contribution in [1.82, 2.24) is 5.32 Å². The quantitative estimate of drug-likeness (QED) is 0.387. The summed E-state index contributed by atoms with van der Waals surface area (Å²) < 4.78 is 18.6. The van der Waals surface area contributed by atoms with Gasteiger partial charge in [0.1, 0.15) is 17.7 Å². The Morgan fingerprint density at radius 2 is 2.22 bits per heavy atom. The van der Waals surface area contributed by atoms with Crippen LogP contribution in [-0.2, 0) is 6.42 Å². The highest BCUT2D eigenvalue weighted by Crippen LogP contribution is 2.13. The zero-order valence-electron chi connectivity index (χ0n) is 12.9. The molecule has 1 aromatic carbocycles. The Morgan fingerprint density at radius 3 is 2.91 bits per heavy atom. The van der Waals surface area contributed by atoms with E-state index in [0.717, 1.165) is 13.0 Å². The SMILES string of the molecule is CC(CN=C(N)NCCc1cccs1)Oc1cccc(F)c1.I. The molecule has 1 atom stereocenters. The molecule has 0 saturated carbocycles. The minimum atomic E-state index is -0.317. The fourth-order valence-corrected chi connectivity index (χ4v) is 2.57. The fourth-order valence-electron chi connectivity index (χ4n) is 1.86. The normalized spacial score (nSPS) is 12.3. The smallest absolute Gasteiger partial charge is 0.188 e. The van der Waals surface area contributed by atoms with Gasteiger partial charge in [-0.15, -0.1) is 35.3 Å². The molecule has 0 radical (unpaired) electrons. The van der Waals surface area contributed by atoms with Crippen molar-refractivity contribution >= 4 is 41.3 Å². The van der Waals surface area contributed by atoms with Crippen molar-refractivity contribution in [2.24, 2.45) is 10.7 Å². The Kier molecular flexibility index (Phi) is 8.93. The molecule has 0 fully saturated rings. The third-order valence-electron chi connectivity index (χ3n) is 2.91. The van der Waals surface area contributed by atoms with Crippen molar-refractivity contribution < 1.29 is 9.13 Å². The summed E-state index contributed by atoms with van der Waals surface area (Å²) >= 11 is 1.72. The third kappa shape index (κ3) is 7.65. The van der Waals surface area contributed by atoms with Crippen LogP contribution in [-0.4, -0.2) is 25.2 Å². The van der Waals surface area contributed by atoms with Crippen molar-refractivity contribution in [3.8, 4) is 5.75 Å². The van der Waals surface area contributed by atoms with E-state index in [1.165, 1.54) is 17.0 Å². The van der Waals surface area contributed by atoms with E-state index in [0.29, 0.717) is 18.3 Å². The number of nitrogens with two attached hydrogens (primary N) is 1. The zero-order chi connectivity index (χ0) is 15.8. The molecule has 1 unspecified atom stereocenters. The highest BCUT2D eigenvalue weighted by molar-refractivity contribution is 14.0. The summed E-state index contributed by atoms with van der Waals surface area (Å²) in [5.74, 6) is 0.570. The molecule has 7 heteroatoms. The number of hydrogen-bond donors (Lipinski definition) is 2. The lowest BCUT2D eigenvalue weighted by atomic mass is 10.3. The summed E-state index contributed by atoms with van der Waals surface area (Å²) in [7, 11) is 0. The second kappa shape index (κ2) is 10.4. The number of hydrogen-bond acceptors (Lipinski definition) is 3. The van der Waals surface area contributed by atoms with Crippen LogP contribution in [0.25, 0.3) is 0 Å². The first-order valence-electron chi connectivity index (χ1n) is 7.12. The Balaban J connectivity index is 0.00000264. The number of halogens is 2. The van der Waals surface area contributed by atoms with E-state index in [4.69, 9.17) is 10.5 Å². The van der Waals surface area contributed by atoms with Gasteiger partial charge < -0.3 is 15.8 Å². The molecular weight excluding hydrogens is 428 g/mol. The van der Waals surface area contributed by atoms with Crippen LogP contribution < -0.4 is 15.8 Å². The predicted molar refractivity (Wildman–Crippen MR) is 104 cm³/mol. The molecule has 0 saturated heterocycles. The van der Waals surface area contributed by atoms with E-state index in [1.807, 2.05) is 13.0 Å². The molecule has 0 aliphatic heterocycles. The number of nitrogens with zero attached hydrogens (tertiary/aromatic N) is 1. The maximum absolute atomic E-state index is 13.1. The first-order chi connectivity index (χ1) is 10.6. The Bertz CT molecular complexity index is 607. The summed E-state index contributed by atoms with van der Waals surface area (Å²) in [6.07, 6.45) is 0.739. The lowest BCUT2D eigenvalue weighted by Gasteiger charge is -2.13. The van der Waals surface area contributed by atoms with Crippen LogP contribution in [0.5, 0.6) is 5.75 Å². The van der Waals surface area contributed by atoms with E-state index in [1.54, 1.807) is 23.5 Å². The highest BCUT2D eigenvalue weighted by Gasteiger charge is 2.04. The van der Waals surface area contributed by atoms with Gasteiger partial charge in [0.25, 0.3) is 0 Å². The molecule has 0 aliphatic rings. The van der Waals surface area contributed by atoms with Crippen molar-refractivity contribution in [3.63, 3.8) is 0 Å². The van der Waals surface area contributed by atoms with Crippen LogP contribution in [0.15, 0.2) is 46.8 Å². The van der Waals surface area contributed by atoms with Crippen LogP contribution in [0.4, 0.5) is 4.39 Å². The number of ether oxygens (including phenoxy) is 1. The van der Waals surface area contributed by atoms with Gasteiger partial charge in [-0.25, -0.2) is 9.38 Å². The molecule has 23 heavy (non-hydrogen) atoms. The average Bonchev–Trinajstić information content (AvgIpc) is 2.98. The molecule has 0 amide bonds. The summed E-state index contributed by atoms with van der Waals surface area (Å²) in [6.45, 7) is 3.02. The van der Waals surface area contributed by atoms with E-state index in [9.17, 15) is 4.39 Å². The summed E-state index contributed by atoms with van der Waals surface area (Å²) in [5.41, 5.74) is 5.81. The standard InChI is InChI=1S/C16H20FN3OS.HI/c1-12(21-14-5-2-4-13(17)10-14)11-20-16(18)19-8-7-15-6-3-9-22-15;/h2-6,9-10,12H,7-8,11H2,1H3,(H3,18,19,20);1H. The first-order valence-corrected chi connectivity index (χ1v) is 8.00. The van der Waals surface area contributed by atoms with Crippen LogP contribution in [0.2, 0.25) is 0 Å². The topological polar surface area (TPSA) is 59.6 Å². The number of thiophene rings is 1. The summed E-state index contributed by atoms with van der Waals surface area (Å²) in [6, 6.07) is 10.2. The van der Waals surface area contributed by atoms with Gasteiger partial charge in [0.15, 0.2) is 5.96 Å². The third-order valence-corrected chi connectivity index (χ3v) is 3.85. The molecule has 0 bridgehead atoms. The van der Waals surface area contributed by atoms with Crippen LogP contribution in [0.3, 0.4) is 0 Å². The maximum atomic E-state index is 13.1. The molecule has 126 valence electrons. The molecule has 0 aliphatic carbocycles. The predicted octanol–water partition coefficient (Wildman–Crippen LogP) is 3.42. The van der Waals surface area contributed by atoms with Crippen molar-refractivity contribution in [1.29, 1.82) is 0 Å².